The van der Waals surface area contributed by atoms with Gasteiger partial charge in [-0.25, -0.2) is 4.39 Å². The van der Waals surface area contributed by atoms with E-state index in [1.165, 1.54) is 12.1 Å². The Morgan fingerprint density at radius 2 is 2.19 bits per heavy atom. The second kappa shape index (κ2) is 6.02. The zero-order valence-electron chi connectivity index (χ0n) is 12.6. The molecule has 0 bridgehead atoms. The summed E-state index contributed by atoms with van der Waals surface area (Å²) in [7, 11) is 0. The minimum absolute atomic E-state index is 0.0379. The number of hydrogen-bond donors (Lipinski definition) is 2. The molecule has 116 valence electrons. The zero-order chi connectivity index (χ0) is 15.6. The Bertz CT molecular complexity index is 528. The smallest absolute Gasteiger partial charge is 0.327 e. The van der Waals surface area contributed by atoms with Crippen molar-refractivity contribution in [3.63, 3.8) is 0 Å². The van der Waals surface area contributed by atoms with E-state index >= 15 is 0 Å². The van der Waals surface area contributed by atoms with E-state index < -0.39 is 11.5 Å². The highest BCUT2D eigenvalue weighted by Crippen LogP contribution is 2.40. The number of carbonyl (C=O) groups is 1. The zero-order valence-corrected chi connectivity index (χ0v) is 12.6. The van der Waals surface area contributed by atoms with Crippen LogP contribution in [0.2, 0.25) is 0 Å². The lowest BCUT2D eigenvalue weighted by atomic mass is 9.93. The van der Waals surface area contributed by atoms with Gasteiger partial charge in [0.2, 0.25) is 0 Å². The lowest BCUT2D eigenvalue weighted by Gasteiger charge is -2.32. The molecular weight excluding hydrogens is 273 g/mol. The summed E-state index contributed by atoms with van der Waals surface area (Å²) in [6, 6.07) is 4.49. The molecule has 5 heteroatoms. The van der Waals surface area contributed by atoms with Crippen molar-refractivity contribution < 1.29 is 19.0 Å². The van der Waals surface area contributed by atoms with E-state index in [0.717, 1.165) is 12.8 Å². The summed E-state index contributed by atoms with van der Waals surface area (Å²) in [5.41, 5.74) is -0.590. The van der Waals surface area contributed by atoms with Crippen LogP contribution in [0.3, 0.4) is 0 Å². The van der Waals surface area contributed by atoms with Crippen molar-refractivity contribution in [2.75, 3.05) is 6.61 Å². The van der Waals surface area contributed by atoms with Gasteiger partial charge in [-0.15, -0.1) is 0 Å². The van der Waals surface area contributed by atoms with Crippen molar-refractivity contribution in [3.05, 3.63) is 29.6 Å². The second-order valence-corrected chi connectivity index (χ2v) is 6.05. The van der Waals surface area contributed by atoms with E-state index in [9.17, 15) is 14.3 Å². The number of hydrogen-bond acceptors (Lipinski definition) is 3. The summed E-state index contributed by atoms with van der Waals surface area (Å²) < 4.78 is 18.9. The van der Waals surface area contributed by atoms with Crippen molar-refractivity contribution in [2.24, 2.45) is 5.92 Å². The predicted molar refractivity (Wildman–Crippen MR) is 78.0 cm³/mol. The van der Waals surface area contributed by atoms with Gasteiger partial charge in [0.15, 0.2) is 5.54 Å². The Labute approximate surface area is 124 Å². The number of ether oxygens (including phenoxy) is 1. The average molecular weight is 295 g/mol. The monoisotopic (exact) mass is 295 g/mol. The van der Waals surface area contributed by atoms with Gasteiger partial charge in [-0.3, -0.25) is 10.1 Å². The van der Waals surface area contributed by atoms with Crippen LogP contribution >= 0.6 is 0 Å². The van der Waals surface area contributed by atoms with Crippen molar-refractivity contribution >= 4 is 5.97 Å². The van der Waals surface area contributed by atoms with Crippen LogP contribution in [-0.2, 0) is 4.79 Å². The van der Waals surface area contributed by atoms with Crippen molar-refractivity contribution in [1.29, 1.82) is 0 Å². The van der Waals surface area contributed by atoms with Gasteiger partial charge in [-0.05, 0) is 63.3 Å². The highest BCUT2D eigenvalue weighted by atomic mass is 19.1. The summed E-state index contributed by atoms with van der Waals surface area (Å²) in [5.74, 6) is -0.614. The maximum Gasteiger partial charge on any atom is 0.327 e. The maximum atomic E-state index is 13.2. The molecule has 1 saturated carbocycles. The fourth-order valence-electron chi connectivity index (χ4n) is 2.57. The SMILES string of the molecule is Cc1cc(OCC(NC(C)C)(C(=O)O)C2CC2)ccc1F. The third-order valence-electron chi connectivity index (χ3n) is 3.80. The molecule has 0 spiro atoms. The lowest BCUT2D eigenvalue weighted by Crippen LogP contribution is -2.60. The van der Waals surface area contributed by atoms with Gasteiger partial charge in [0.05, 0.1) is 0 Å². The number of carboxylic acids is 1. The van der Waals surface area contributed by atoms with Gasteiger partial charge in [0, 0.05) is 6.04 Å². The molecule has 21 heavy (non-hydrogen) atoms. The normalized spacial score (nSPS) is 17.6. The van der Waals surface area contributed by atoms with Crippen LogP contribution in [0.15, 0.2) is 18.2 Å². The summed E-state index contributed by atoms with van der Waals surface area (Å²) >= 11 is 0. The standard InChI is InChI=1S/C16H22FNO3/c1-10(2)18-16(15(19)20,12-4-5-12)9-21-13-6-7-14(17)11(3)8-13/h6-8,10,12,18H,4-5,9H2,1-3H3,(H,19,20). The van der Waals surface area contributed by atoms with Crippen molar-refractivity contribution in [3.8, 4) is 5.75 Å². The van der Waals surface area contributed by atoms with E-state index in [4.69, 9.17) is 4.74 Å². The molecule has 1 aromatic carbocycles. The summed E-state index contributed by atoms with van der Waals surface area (Å²) in [4.78, 5) is 11.8. The molecule has 1 aliphatic rings. The number of halogens is 1. The molecule has 1 unspecified atom stereocenters. The molecule has 0 amide bonds. The third-order valence-corrected chi connectivity index (χ3v) is 3.80. The van der Waals surface area contributed by atoms with Gasteiger partial charge in [0.1, 0.15) is 18.2 Å². The summed E-state index contributed by atoms with van der Waals surface area (Å²) in [5, 5.41) is 12.8. The van der Waals surface area contributed by atoms with E-state index in [1.807, 2.05) is 13.8 Å². The van der Waals surface area contributed by atoms with Crippen LogP contribution in [0.4, 0.5) is 4.39 Å². The fraction of sp³-hybridized carbons (Fsp3) is 0.562. The van der Waals surface area contributed by atoms with Crippen LogP contribution in [0.5, 0.6) is 5.75 Å². The first-order chi connectivity index (χ1) is 9.85. The second-order valence-electron chi connectivity index (χ2n) is 6.05. The number of carboxylic acid groups (broad SMARTS) is 1. The molecule has 2 N–H and O–H groups in total. The van der Waals surface area contributed by atoms with Crippen LogP contribution in [-0.4, -0.2) is 29.3 Å². The highest BCUT2D eigenvalue weighted by molar-refractivity contribution is 5.80. The summed E-state index contributed by atoms with van der Waals surface area (Å²) in [6.07, 6.45) is 1.77. The molecular formula is C16H22FNO3. The van der Waals surface area contributed by atoms with Crippen molar-refractivity contribution in [1.82, 2.24) is 5.32 Å². The lowest BCUT2D eigenvalue weighted by molar-refractivity contribution is -0.148. The highest BCUT2D eigenvalue weighted by Gasteiger charge is 2.52. The Balaban J connectivity index is 2.14. The number of aliphatic carboxylic acids is 1. The number of rotatable bonds is 7. The molecule has 2 rings (SSSR count). The van der Waals surface area contributed by atoms with E-state index in [0.29, 0.717) is 11.3 Å². The molecule has 0 saturated heterocycles. The summed E-state index contributed by atoms with van der Waals surface area (Å²) in [6.45, 7) is 5.53. The van der Waals surface area contributed by atoms with Gasteiger partial charge >= 0.3 is 5.97 Å². The topological polar surface area (TPSA) is 58.6 Å². The average Bonchev–Trinajstić information content (AvgIpc) is 3.22. The van der Waals surface area contributed by atoms with Crippen LogP contribution in [0.1, 0.15) is 32.3 Å². The fourth-order valence-corrected chi connectivity index (χ4v) is 2.57. The predicted octanol–water partition coefficient (Wildman–Crippen LogP) is 2.74. The minimum Gasteiger partial charge on any atom is -0.491 e. The van der Waals surface area contributed by atoms with Crippen LogP contribution in [0, 0.1) is 18.7 Å². The molecule has 1 atom stereocenters. The number of nitrogens with one attached hydrogen (secondary N) is 1. The van der Waals surface area contributed by atoms with Crippen LogP contribution < -0.4 is 10.1 Å². The molecule has 1 aromatic rings. The molecule has 0 aromatic heterocycles. The van der Waals surface area contributed by atoms with Crippen LogP contribution in [0.25, 0.3) is 0 Å². The molecule has 1 fully saturated rings. The van der Waals surface area contributed by atoms with E-state index in [-0.39, 0.29) is 24.4 Å². The Kier molecular flexibility index (Phi) is 4.52. The number of benzene rings is 1. The Hall–Kier alpha value is -1.62. The Morgan fingerprint density at radius 1 is 1.52 bits per heavy atom. The molecule has 4 nitrogen and oxygen atoms in total. The molecule has 0 radical (unpaired) electrons. The first kappa shape index (κ1) is 15.8. The van der Waals surface area contributed by atoms with Gasteiger partial charge in [-0.1, -0.05) is 0 Å². The first-order valence-corrected chi connectivity index (χ1v) is 7.25. The molecule has 0 aliphatic heterocycles. The molecule has 0 heterocycles. The van der Waals surface area contributed by atoms with E-state index in [1.54, 1.807) is 13.0 Å². The first-order valence-electron chi connectivity index (χ1n) is 7.25. The molecule has 1 aliphatic carbocycles. The Morgan fingerprint density at radius 3 is 2.67 bits per heavy atom. The maximum absolute atomic E-state index is 13.2. The largest absolute Gasteiger partial charge is 0.491 e. The third kappa shape index (κ3) is 3.53. The van der Waals surface area contributed by atoms with Gasteiger partial charge < -0.3 is 9.84 Å². The van der Waals surface area contributed by atoms with Gasteiger partial charge in [-0.2, -0.15) is 0 Å². The minimum atomic E-state index is -1.07. The number of aryl methyl sites for hydroxylation is 1. The van der Waals surface area contributed by atoms with Crippen molar-refractivity contribution in [2.45, 2.75) is 45.2 Å². The van der Waals surface area contributed by atoms with E-state index in [2.05, 4.69) is 5.32 Å². The van der Waals surface area contributed by atoms with Gasteiger partial charge in [0.25, 0.3) is 0 Å². The quantitative estimate of drug-likeness (QED) is 0.812.